The summed E-state index contributed by atoms with van der Waals surface area (Å²) >= 11 is 0. The molecule has 0 saturated heterocycles. The van der Waals surface area contributed by atoms with Crippen LogP contribution < -0.4 is 11.5 Å². The zero-order valence-corrected chi connectivity index (χ0v) is 19.7. The molecule has 30 heavy (non-hydrogen) atoms. The number of carbonyl (C=O) groups excluding carboxylic acids is 3. The minimum absolute atomic E-state index is 0.108. The maximum atomic E-state index is 12.7. The third-order valence-electron chi connectivity index (χ3n) is 4.80. The molecule has 0 fully saturated rings. The summed E-state index contributed by atoms with van der Waals surface area (Å²) in [6.07, 6.45) is 7.06. The van der Waals surface area contributed by atoms with Crippen LogP contribution in [0.5, 0.6) is 0 Å². The highest BCUT2D eigenvalue weighted by atomic mass is 16.6. The van der Waals surface area contributed by atoms with Crippen molar-refractivity contribution in [3.8, 4) is 0 Å². The summed E-state index contributed by atoms with van der Waals surface area (Å²) in [6.45, 7) is 9.56. The second-order valence-corrected chi connectivity index (χ2v) is 9.01. The van der Waals surface area contributed by atoms with E-state index in [0.717, 1.165) is 38.5 Å². The molecular formula is C23H44N2O5. The van der Waals surface area contributed by atoms with Crippen molar-refractivity contribution in [2.45, 2.75) is 117 Å². The van der Waals surface area contributed by atoms with Gasteiger partial charge in [0.05, 0.1) is 6.61 Å². The van der Waals surface area contributed by atoms with Crippen LogP contribution in [-0.4, -0.2) is 42.0 Å². The van der Waals surface area contributed by atoms with Crippen LogP contribution in [0.25, 0.3) is 0 Å². The monoisotopic (exact) mass is 428 g/mol. The first-order valence-corrected chi connectivity index (χ1v) is 11.4. The molecule has 0 radical (unpaired) electrons. The third-order valence-corrected chi connectivity index (χ3v) is 4.80. The number of carbonyl (C=O) groups is 3. The molecule has 0 aliphatic rings. The van der Waals surface area contributed by atoms with Gasteiger partial charge in [0.2, 0.25) is 0 Å². The van der Waals surface area contributed by atoms with E-state index in [2.05, 4.69) is 6.92 Å². The molecule has 0 aromatic heterocycles. The van der Waals surface area contributed by atoms with Crippen LogP contribution in [0.4, 0.5) is 0 Å². The maximum absolute atomic E-state index is 12.7. The van der Waals surface area contributed by atoms with Gasteiger partial charge < -0.3 is 20.9 Å². The Bertz CT molecular complexity index is 516. The van der Waals surface area contributed by atoms with E-state index < -0.39 is 23.5 Å². The number of esters is 2. The average molecular weight is 429 g/mol. The van der Waals surface area contributed by atoms with Gasteiger partial charge in [-0.2, -0.15) is 0 Å². The molecule has 0 aliphatic carbocycles. The molecule has 0 aromatic rings. The maximum Gasteiger partial charge on any atom is 0.318 e. The quantitative estimate of drug-likeness (QED) is 0.218. The first kappa shape index (κ1) is 28.5. The van der Waals surface area contributed by atoms with Crippen LogP contribution in [-0.2, 0) is 23.9 Å². The number of ether oxygens (including phenoxy) is 2. The van der Waals surface area contributed by atoms with Gasteiger partial charge in [-0.1, -0.05) is 39.0 Å². The number of nitrogens with two attached hydrogens (primary N) is 2. The van der Waals surface area contributed by atoms with Crippen molar-refractivity contribution in [1.82, 2.24) is 0 Å². The topological polar surface area (TPSA) is 122 Å². The Morgan fingerprint density at radius 3 is 2.10 bits per heavy atom. The second kappa shape index (κ2) is 15.3. The SMILES string of the molecule is CCCCC[C@H](N)C(C(=O)C[C@@H](N)CCCCCC(=O)OC(C)(C)C)C(=O)OCC. The van der Waals surface area contributed by atoms with Crippen molar-refractivity contribution in [2.24, 2.45) is 17.4 Å². The van der Waals surface area contributed by atoms with Crippen molar-refractivity contribution in [3.05, 3.63) is 0 Å². The predicted molar refractivity (Wildman–Crippen MR) is 119 cm³/mol. The second-order valence-electron chi connectivity index (χ2n) is 9.01. The molecule has 7 heteroatoms. The summed E-state index contributed by atoms with van der Waals surface area (Å²) < 4.78 is 10.4. The molecule has 0 rings (SSSR count). The molecule has 0 spiro atoms. The van der Waals surface area contributed by atoms with Gasteiger partial charge in [0, 0.05) is 24.9 Å². The van der Waals surface area contributed by atoms with Crippen LogP contribution >= 0.6 is 0 Å². The van der Waals surface area contributed by atoms with Gasteiger partial charge in [-0.25, -0.2) is 0 Å². The van der Waals surface area contributed by atoms with Crippen molar-refractivity contribution in [1.29, 1.82) is 0 Å². The Hall–Kier alpha value is -1.47. The smallest absolute Gasteiger partial charge is 0.318 e. The fraction of sp³-hybridized carbons (Fsp3) is 0.870. The van der Waals surface area contributed by atoms with Gasteiger partial charge in [0.15, 0.2) is 0 Å². The molecule has 0 heterocycles. The lowest BCUT2D eigenvalue weighted by Gasteiger charge is -2.22. The number of unbranched alkanes of at least 4 members (excludes halogenated alkanes) is 4. The van der Waals surface area contributed by atoms with E-state index in [9.17, 15) is 14.4 Å². The fourth-order valence-corrected chi connectivity index (χ4v) is 3.31. The molecule has 0 saturated carbocycles. The van der Waals surface area contributed by atoms with Gasteiger partial charge in [-0.3, -0.25) is 14.4 Å². The summed E-state index contributed by atoms with van der Waals surface area (Å²) in [5, 5.41) is 0. The lowest BCUT2D eigenvalue weighted by atomic mass is 9.88. The molecule has 3 atom stereocenters. The zero-order valence-electron chi connectivity index (χ0n) is 19.7. The van der Waals surface area contributed by atoms with E-state index >= 15 is 0 Å². The van der Waals surface area contributed by atoms with Crippen LogP contribution in [0.1, 0.15) is 98.8 Å². The van der Waals surface area contributed by atoms with Gasteiger partial charge >= 0.3 is 11.9 Å². The molecule has 176 valence electrons. The Balaban J connectivity index is 4.42. The van der Waals surface area contributed by atoms with E-state index in [1.165, 1.54) is 0 Å². The molecular weight excluding hydrogens is 384 g/mol. The largest absolute Gasteiger partial charge is 0.465 e. The number of Topliss-reactive ketones (excluding diaryl/α,β-unsaturated/α-hetero) is 1. The Labute approximate surface area is 182 Å². The van der Waals surface area contributed by atoms with Crippen LogP contribution in [0.3, 0.4) is 0 Å². The lowest BCUT2D eigenvalue weighted by molar-refractivity contribution is -0.155. The zero-order chi connectivity index (χ0) is 23.2. The molecule has 7 nitrogen and oxygen atoms in total. The highest BCUT2D eigenvalue weighted by Crippen LogP contribution is 2.18. The standard InChI is InChI=1S/C23H44N2O5/c1-6-8-10-14-18(25)21(22(28)29-7-2)19(26)16-17(24)13-11-9-12-15-20(27)30-23(3,4)5/h17-18,21H,6-16,24-25H2,1-5H3/t17-,18-,21?/m0/s1. The Kier molecular flexibility index (Phi) is 14.6. The van der Waals surface area contributed by atoms with E-state index in [4.69, 9.17) is 20.9 Å². The Morgan fingerprint density at radius 1 is 0.900 bits per heavy atom. The van der Waals surface area contributed by atoms with E-state index in [0.29, 0.717) is 19.3 Å². The molecule has 4 N–H and O–H groups in total. The molecule has 0 bridgehead atoms. The minimum atomic E-state index is -0.944. The predicted octanol–water partition coefficient (Wildman–Crippen LogP) is 3.65. The molecule has 1 unspecified atom stereocenters. The van der Waals surface area contributed by atoms with Gasteiger partial charge in [0.1, 0.15) is 17.3 Å². The van der Waals surface area contributed by atoms with Gasteiger partial charge in [-0.05, 0) is 47.0 Å². The summed E-state index contributed by atoms with van der Waals surface area (Å²) in [4.78, 5) is 36.7. The highest BCUT2D eigenvalue weighted by Gasteiger charge is 2.34. The number of hydrogen-bond donors (Lipinski definition) is 2. The van der Waals surface area contributed by atoms with E-state index in [1.807, 2.05) is 20.8 Å². The van der Waals surface area contributed by atoms with Crippen molar-refractivity contribution in [2.75, 3.05) is 6.61 Å². The number of ketones is 1. The molecule has 0 amide bonds. The molecule has 0 aliphatic heterocycles. The Morgan fingerprint density at radius 2 is 1.53 bits per heavy atom. The normalized spacial score (nSPS) is 14.6. The minimum Gasteiger partial charge on any atom is -0.465 e. The van der Waals surface area contributed by atoms with Gasteiger partial charge in [0.25, 0.3) is 0 Å². The highest BCUT2D eigenvalue weighted by molar-refractivity contribution is 6.00. The van der Waals surface area contributed by atoms with E-state index in [1.54, 1.807) is 6.92 Å². The first-order valence-electron chi connectivity index (χ1n) is 11.4. The number of hydrogen-bond acceptors (Lipinski definition) is 7. The van der Waals surface area contributed by atoms with Crippen molar-refractivity contribution >= 4 is 17.7 Å². The molecule has 0 aromatic carbocycles. The van der Waals surface area contributed by atoms with Crippen molar-refractivity contribution in [3.63, 3.8) is 0 Å². The third kappa shape index (κ3) is 13.7. The average Bonchev–Trinajstić information content (AvgIpc) is 2.60. The summed E-state index contributed by atoms with van der Waals surface area (Å²) in [5.74, 6) is -1.92. The summed E-state index contributed by atoms with van der Waals surface area (Å²) in [6, 6.07) is -0.872. The van der Waals surface area contributed by atoms with Gasteiger partial charge in [-0.15, -0.1) is 0 Å². The van der Waals surface area contributed by atoms with Crippen LogP contribution in [0.15, 0.2) is 0 Å². The van der Waals surface area contributed by atoms with Crippen LogP contribution in [0, 0.1) is 5.92 Å². The van der Waals surface area contributed by atoms with Crippen molar-refractivity contribution < 1.29 is 23.9 Å². The fourth-order valence-electron chi connectivity index (χ4n) is 3.31. The lowest BCUT2D eigenvalue weighted by Crippen LogP contribution is -2.43. The summed E-state index contributed by atoms with van der Waals surface area (Å²) in [7, 11) is 0. The van der Waals surface area contributed by atoms with Crippen LogP contribution in [0.2, 0.25) is 0 Å². The van der Waals surface area contributed by atoms with E-state index in [-0.39, 0.29) is 30.8 Å². The first-order chi connectivity index (χ1) is 14.0. The summed E-state index contributed by atoms with van der Waals surface area (Å²) in [5.41, 5.74) is 11.8. The number of rotatable bonds is 16.